The van der Waals surface area contributed by atoms with E-state index in [9.17, 15) is 23.4 Å². The van der Waals surface area contributed by atoms with E-state index in [2.05, 4.69) is 18.6 Å². The summed E-state index contributed by atoms with van der Waals surface area (Å²) in [6, 6.07) is 1.53. The van der Waals surface area contributed by atoms with E-state index >= 15 is 0 Å². The van der Waals surface area contributed by atoms with Crippen molar-refractivity contribution in [2.45, 2.75) is 24.9 Å². The number of hydrogen-bond donors (Lipinski definition) is 5. The highest BCUT2D eigenvalue weighted by Crippen LogP contribution is 2.58. The summed E-state index contributed by atoms with van der Waals surface area (Å²) in [5.74, 6) is 0.162. The minimum atomic E-state index is -5.22. The largest absolute Gasteiger partial charge is 0.719 e. The Labute approximate surface area is 200 Å². The number of nitrogens with two attached hydrogens (primary N) is 1. The molecule has 16 nitrogen and oxygen atoms in total. The summed E-state index contributed by atoms with van der Waals surface area (Å²) in [5.41, 5.74) is 5.45. The molecule has 2 aromatic heterocycles. The normalized spacial score (nSPS) is 23.3. The van der Waals surface area contributed by atoms with Crippen LogP contribution in [0.3, 0.4) is 0 Å². The number of H-pyrrole nitrogens is 1. The fourth-order valence-electron chi connectivity index (χ4n) is 3.03. The highest BCUT2D eigenvalue weighted by Gasteiger charge is 2.45. The van der Waals surface area contributed by atoms with Crippen LogP contribution >= 0.6 is 45.5 Å². The van der Waals surface area contributed by atoms with Crippen LogP contribution in [0.2, 0.25) is 0 Å². The summed E-state index contributed by atoms with van der Waals surface area (Å²) < 4.78 is 59.9. The first kappa shape index (κ1) is 27.7. The second-order valence-corrected chi connectivity index (χ2v) is 13.0. The van der Waals surface area contributed by atoms with E-state index in [1.165, 1.54) is 27.7 Å². The number of nitrogen functional groups attached to an aromatic ring is 1. The molecule has 0 aliphatic carbocycles. The molecule has 190 valence electrons. The molecule has 0 radical (unpaired) electrons. The Morgan fingerprint density at radius 1 is 1.38 bits per heavy atom. The molecule has 6 N–H and O–H groups in total. The molecular formula is C13H20N4O12P3S2+. The quantitative estimate of drug-likeness (QED) is 0.104. The highest BCUT2D eigenvalue weighted by atomic mass is 33.1. The fourth-order valence-corrected chi connectivity index (χ4v) is 6.09. The first-order chi connectivity index (χ1) is 15.9. The van der Waals surface area contributed by atoms with Gasteiger partial charge in [-0.2, -0.15) is 4.98 Å². The van der Waals surface area contributed by atoms with Crippen LogP contribution in [0.1, 0.15) is 12.6 Å². The lowest BCUT2D eigenvalue weighted by atomic mass is 10.2. The maximum atomic E-state index is 12.1. The lowest BCUT2D eigenvalue weighted by Crippen LogP contribution is -2.28. The average Bonchev–Trinajstić information content (AvgIpc) is 3.28. The van der Waals surface area contributed by atoms with Crippen LogP contribution in [0.4, 0.5) is 5.95 Å². The van der Waals surface area contributed by atoms with Crippen molar-refractivity contribution in [1.29, 1.82) is 0 Å². The van der Waals surface area contributed by atoms with Crippen molar-refractivity contribution in [1.82, 2.24) is 14.5 Å². The number of anilines is 1. The van der Waals surface area contributed by atoms with Gasteiger partial charge in [0.25, 0.3) is 5.56 Å². The van der Waals surface area contributed by atoms with Crippen LogP contribution in [-0.4, -0.2) is 60.2 Å². The molecule has 0 amide bonds. The molecule has 1 saturated heterocycles. The second-order valence-electron chi connectivity index (χ2n) is 6.53. The third-order valence-corrected chi connectivity index (χ3v) is 8.97. The summed E-state index contributed by atoms with van der Waals surface area (Å²) >= 11 is 0. The van der Waals surface area contributed by atoms with E-state index in [1.54, 1.807) is 10.8 Å². The molecule has 1 aliphatic heterocycles. The van der Waals surface area contributed by atoms with Gasteiger partial charge in [-0.15, -0.1) is 0 Å². The van der Waals surface area contributed by atoms with Crippen LogP contribution < -0.4 is 11.3 Å². The molecule has 0 saturated carbocycles. The summed E-state index contributed by atoms with van der Waals surface area (Å²) in [7, 11) is -11.1. The molecule has 1 aliphatic rings. The van der Waals surface area contributed by atoms with Crippen molar-refractivity contribution in [2.24, 2.45) is 0 Å². The summed E-state index contributed by atoms with van der Waals surface area (Å²) in [6.45, 7) is -0.576. The number of aromatic nitrogens is 3. The summed E-state index contributed by atoms with van der Waals surface area (Å²) in [4.78, 5) is 45.5. The SMILES string of the molecule is CSSCO[C@H]1C[C@H](n2ccc3c(=O)[nH]c(N)nc32)O[C@@H]1COP(=O)(O)O[P+](=O)OP(=O)(O)O. The van der Waals surface area contributed by atoms with Gasteiger partial charge in [0.1, 0.15) is 18.3 Å². The molecule has 34 heavy (non-hydrogen) atoms. The molecule has 3 heterocycles. The highest BCUT2D eigenvalue weighted by molar-refractivity contribution is 8.76. The number of aromatic amines is 1. The van der Waals surface area contributed by atoms with Crippen LogP contribution in [0, 0.1) is 0 Å². The topological polar surface area (TPSA) is 235 Å². The van der Waals surface area contributed by atoms with E-state index in [4.69, 9.17) is 29.5 Å². The van der Waals surface area contributed by atoms with Gasteiger partial charge in [-0.05, 0) is 20.9 Å². The minimum absolute atomic E-state index is 0.0931. The van der Waals surface area contributed by atoms with E-state index < -0.39 is 54.5 Å². The number of fused-ring (bicyclic) bond motifs is 1. The Balaban J connectivity index is 1.72. The fraction of sp³-hybridized carbons (Fsp3) is 0.538. The first-order valence-corrected chi connectivity index (χ1v) is 15.9. The molecular weight excluding hydrogens is 561 g/mol. The average molecular weight is 581 g/mol. The molecule has 0 bridgehead atoms. The van der Waals surface area contributed by atoms with Gasteiger partial charge < -0.3 is 29.6 Å². The zero-order valence-electron chi connectivity index (χ0n) is 17.2. The number of phosphoric acid groups is 2. The summed E-state index contributed by atoms with van der Waals surface area (Å²) in [6.07, 6.45) is 1.39. The van der Waals surface area contributed by atoms with Gasteiger partial charge in [0.15, 0.2) is 5.65 Å². The van der Waals surface area contributed by atoms with Gasteiger partial charge in [-0.3, -0.25) is 19.2 Å². The maximum absolute atomic E-state index is 12.1. The Kier molecular flexibility index (Phi) is 9.36. The van der Waals surface area contributed by atoms with Crippen molar-refractivity contribution >= 4 is 62.5 Å². The van der Waals surface area contributed by atoms with E-state index in [0.29, 0.717) is 0 Å². The number of hydrogen-bond acceptors (Lipinski definition) is 13. The monoisotopic (exact) mass is 581 g/mol. The summed E-state index contributed by atoms with van der Waals surface area (Å²) in [5, 5.41) is 0.273. The van der Waals surface area contributed by atoms with Crippen molar-refractivity contribution in [2.75, 3.05) is 24.5 Å². The van der Waals surface area contributed by atoms with E-state index in [-0.39, 0.29) is 29.3 Å². The van der Waals surface area contributed by atoms with E-state index in [1.807, 2.05) is 6.26 Å². The molecule has 0 aromatic carbocycles. The smallest absolute Gasteiger partial charge is 0.369 e. The number of phosphoric ester groups is 1. The van der Waals surface area contributed by atoms with Gasteiger partial charge in [0, 0.05) is 17.2 Å². The number of rotatable bonds is 12. The molecule has 2 aromatic rings. The first-order valence-electron chi connectivity index (χ1n) is 9.07. The van der Waals surface area contributed by atoms with E-state index in [0.717, 1.165) is 0 Å². The molecule has 5 atom stereocenters. The third-order valence-electron chi connectivity index (χ3n) is 4.28. The van der Waals surface area contributed by atoms with Crippen molar-refractivity contribution in [3.8, 4) is 0 Å². The molecule has 3 rings (SSSR count). The molecule has 2 unspecified atom stereocenters. The standard InChI is InChI=1S/C13H19N4O12P3S2/c1-33-34-6-25-8-4-10(17-3-2-7-11(17)15-13(14)16-12(7)18)27-9(8)5-26-32(23,24)29-30(19)28-31(20,21)22/h2-3,8-10H,4-6H2,1H3,(H5-,14,15,16,18,20,21,22,23,24)/p+1/t8-,9+,10+/m0/s1. The maximum Gasteiger partial charge on any atom is 0.719 e. The minimum Gasteiger partial charge on any atom is -0.369 e. The zero-order chi connectivity index (χ0) is 25.1. The zero-order valence-corrected chi connectivity index (χ0v) is 21.5. The van der Waals surface area contributed by atoms with Gasteiger partial charge >= 0.3 is 23.9 Å². The second kappa shape index (κ2) is 11.5. The lowest BCUT2D eigenvalue weighted by Gasteiger charge is -2.18. The van der Waals surface area contributed by atoms with Crippen LogP contribution in [0.5, 0.6) is 0 Å². The van der Waals surface area contributed by atoms with Gasteiger partial charge in [-0.25, -0.2) is 9.13 Å². The van der Waals surface area contributed by atoms with Crippen LogP contribution in [0.15, 0.2) is 17.1 Å². The van der Waals surface area contributed by atoms with Crippen molar-refractivity contribution in [3.63, 3.8) is 0 Å². The Bertz CT molecular complexity index is 1190. The van der Waals surface area contributed by atoms with Crippen molar-refractivity contribution in [3.05, 3.63) is 22.6 Å². The Hall–Kier alpha value is -0.840. The molecule has 1 fully saturated rings. The predicted octanol–water partition coefficient (Wildman–Crippen LogP) is 1.85. The number of nitrogens with zero attached hydrogens (tertiary/aromatic N) is 2. The number of nitrogens with one attached hydrogen (secondary N) is 1. The van der Waals surface area contributed by atoms with Crippen LogP contribution in [-0.2, 0) is 36.3 Å². The Morgan fingerprint density at radius 3 is 2.79 bits per heavy atom. The number of ether oxygens (including phenoxy) is 2. The van der Waals surface area contributed by atoms with Gasteiger partial charge in [-0.1, -0.05) is 21.6 Å². The lowest BCUT2D eigenvalue weighted by molar-refractivity contribution is -0.0518. The van der Waals surface area contributed by atoms with Crippen molar-refractivity contribution < 1.29 is 51.0 Å². The third kappa shape index (κ3) is 7.58. The molecule has 21 heteroatoms. The molecule has 0 spiro atoms. The predicted molar refractivity (Wildman–Crippen MR) is 122 cm³/mol. The Morgan fingerprint density at radius 2 is 2.12 bits per heavy atom. The van der Waals surface area contributed by atoms with Crippen LogP contribution in [0.25, 0.3) is 11.0 Å². The van der Waals surface area contributed by atoms with Gasteiger partial charge in [0.2, 0.25) is 5.95 Å². The van der Waals surface area contributed by atoms with Gasteiger partial charge in [0.05, 0.1) is 18.1 Å².